The average Bonchev–Trinajstić information content (AvgIpc) is 2.34. The van der Waals surface area contributed by atoms with Crippen LogP contribution in [0.4, 0.5) is 5.69 Å². The fourth-order valence-electron chi connectivity index (χ4n) is 1.92. The van der Waals surface area contributed by atoms with Gasteiger partial charge in [0, 0.05) is 10.5 Å². The first-order valence-corrected chi connectivity index (χ1v) is 6.63. The lowest BCUT2D eigenvalue weighted by Gasteiger charge is -2.31. The Balaban J connectivity index is 2.50. The summed E-state index contributed by atoms with van der Waals surface area (Å²) >= 11 is 1.38. The van der Waals surface area contributed by atoms with Gasteiger partial charge >= 0.3 is 5.97 Å². The van der Waals surface area contributed by atoms with E-state index in [0.717, 1.165) is 4.90 Å². The molecule has 1 amide bonds. The molecule has 0 radical (unpaired) electrons. The first-order chi connectivity index (χ1) is 8.90. The van der Waals surface area contributed by atoms with Crippen molar-refractivity contribution in [1.82, 2.24) is 0 Å². The average molecular weight is 279 g/mol. The number of rotatable bonds is 3. The van der Waals surface area contributed by atoms with Gasteiger partial charge in [-0.2, -0.15) is 0 Å². The topological polar surface area (TPSA) is 74.7 Å². The molecule has 19 heavy (non-hydrogen) atoms. The van der Waals surface area contributed by atoms with Gasteiger partial charge in [-0.3, -0.25) is 19.3 Å². The fraction of sp³-hybridized carbons (Fsp3) is 0.308. The molecule has 1 aliphatic heterocycles. The van der Waals surface area contributed by atoms with Crippen molar-refractivity contribution in [2.75, 3.05) is 11.4 Å². The van der Waals surface area contributed by atoms with E-state index in [1.807, 2.05) is 0 Å². The van der Waals surface area contributed by atoms with Gasteiger partial charge in [0.05, 0.1) is 10.9 Å². The Morgan fingerprint density at radius 1 is 1.42 bits per heavy atom. The van der Waals surface area contributed by atoms with E-state index in [1.165, 1.54) is 23.6 Å². The monoisotopic (exact) mass is 279 g/mol. The van der Waals surface area contributed by atoms with Crippen LogP contribution in [-0.2, 0) is 9.59 Å². The summed E-state index contributed by atoms with van der Waals surface area (Å²) in [6.45, 7) is 2.78. The summed E-state index contributed by atoms with van der Waals surface area (Å²) in [6, 6.07) is 5.03. The van der Waals surface area contributed by atoms with Gasteiger partial charge in [-0.1, -0.05) is 6.07 Å². The molecule has 1 unspecified atom stereocenters. The summed E-state index contributed by atoms with van der Waals surface area (Å²) in [5.74, 6) is -1.44. The molecule has 0 saturated carbocycles. The van der Waals surface area contributed by atoms with Crippen LogP contribution in [0.1, 0.15) is 24.2 Å². The molecule has 1 N–H and O–H groups in total. The van der Waals surface area contributed by atoms with E-state index in [9.17, 15) is 14.4 Å². The van der Waals surface area contributed by atoms with Crippen molar-refractivity contribution in [3.63, 3.8) is 0 Å². The Bertz CT molecular complexity index is 570. The highest BCUT2D eigenvalue weighted by Gasteiger charge is 2.32. The molecular weight excluding hydrogens is 266 g/mol. The molecule has 0 fully saturated rings. The van der Waals surface area contributed by atoms with E-state index < -0.39 is 12.5 Å². The number of carbonyl (C=O) groups is 3. The van der Waals surface area contributed by atoms with E-state index in [-0.39, 0.29) is 16.9 Å². The summed E-state index contributed by atoms with van der Waals surface area (Å²) in [4.78, 5) is 36.4. The number of thioether (sulfide) groups is 1. The van der Waals surface area contributed by atoms with Crippen molar-refractivity contribution in [3.8, 4) is 0 Å². The molecular formula is C13H13NO4S. The molecule has 1 aromatic carbocycles. The molecule has 1 aliphatic rings. The van der Waals surface area contributed by atoms with Crippen LogP contribution in [0.5, 0.6) is 0 Å². The van der Waals surface area contributed by atoms with Gasteiger partial charge in [-0.25, -0.2) is 0 Å². The van der Waals surface area contributed by atoms with Gasteiger partial charge in [0.25, 0.3) is 0 Å². The van der Waals surface area contributed by atoms with Gasteiger partial charge in [0.2, 0.25) is 5.91 Å². The zero-order valence-corrected chi connectivity index (χ0v) is 11.4. The Morgan fingerprint density at radius 3 is 2.68 bits per heavy atom. The highest BCUT2D eigenvalue weighted by molar-refractivity contribution is 8.01. The highest BCUT2D eigenvalue weighted by Crippen LogP contribution is 2.39. The maximum absolute atomic E-state index is 12.1. The number of benzene rings is 1. The van der Waals surface area contributed by atoms with Gasteiger partial charge < -0.3 is 5.11 Å². The number of amides is 1. The minimum atomic E-state index is -1.08. The molecule has 0 saturated heterocycles. The molecule has 6 heteroatoms. The molecule has 1 heterocycles. The van der Waals surface area contributed by atoms with Crippen molar-refractivity contribution in [2.24, 2.45) is 0 Å². The van der Waals surface area contributed by atoms with Crippen molar-refractivity contribution < 1.29 is 19.5 Å². The minimum Gasteiger partial charge on any atom is -0.480 e. The number of hydrogen-bond acceptors (Lipinski definition) is 4. The third-order valence-corrected chi connectivity index (χ3v) is 4.02. The molecule has 0 bridgehead atoms. The second-order valence-corrected chi connectivity index (χ2v) is 5.70. The second kappa shape index (κ2) is 5.05. The number of hydrogen-bond donors (Lipinski definition) is 1. The number of nitrogens with zero attached hydrogens (tertiary/aromatic N) is 1. The van der Waals surface area contributed by atoms with E-state index in [4.69, 9.17) is 5.11 Å². The maximum Gasteiger partial charge on any atom is 0.323 e. The third-order valence-electron chi connectivity index (χ3n) is 2.87. The lowest BCUT2D eigenvalue weighted by atomic mass is 10.1. The number of Topliss-reactive ketones (excluding diaryl/α,β-unsaturated/α-hetero) is 1. The quantitative estimate of drug-likeness (QED) is 0.854. The van der Waals surface area contributed by atoms with Crippen molar-refractivity contribution in [3.05, 3.63) is 23.8 Å². The zero-order chi connectivity index (χ0) is 14.2. The Labute approximate surface area is 114 Å². The van der Waals surface area contributed by atoms with E-state index >= 15 is 0 Å². The van der Waals surface area contributed by atoms with Gasteiger partial charge in [-0.05, 0) is 26.0 Å². The number of carboxylic acids is 1. The van der Waals surface area contributed by atoms with Gasteiger partial charge in [-0.15, -0.1) is 11.8 Å². The van der Waals surface area contributed by atoms with E-state index in [0.29, 0.717) is 11.3 Å². The first-order valence-electron chi connectivity index (χ1n) is 5.75. The van der Waals surface area contributed by atoms with Crippen LogP contribution in [0.15, 0.2) is 23.1 Å². The highest BCUT2D eigenvalue weighted by atomic mass is 32.2. The molecule has 0 aromatic heterocycles. The smallest absolute Gasteiger partial charge is 0.323 e. The summed E-state index contributed by atoms with van der Waals surface area (Å²) in [6.07, 6.45) is 0. The summed E-state index contributed by atoms with van der Waals surface area (Å²) < 4.78 is 0. The summed E-state index contributed by atoms with van der Waals surface area (Å²) in [5.41, 5.74) is 0.972. The summed E-state index contributed by atoms with van der Waals surface area (Å²) in [7, 11) is 0. The SMILES string of the molecule is CC(=O)c1ccc2c(c1)N(CC(=O)O)C(=O)C(C)S2. The van der Waals surface area contributed by atoms with Gasteiger partial charge in [0.15, 0.2) is 5.78 Å². The van der Waals surface area contributed by atoms with Gasteiger partial charge in [0.1, 0.15) is 6.54 Å². The molecule has 0 spiro atoms. The van der Waals surface area contributed by atoms with Crippen LogP contribution in [-0.4, -0.2) is 34.6 Å². The fourth-order valence-corrected chi connectivity index (χ4v) is 2.97. The van der Waals surface area contributed by atoms with Crippen molar-refractivity contribution in [2.45, 2.75) is 24.0 Å². The Morgan fingerprint density at radius 2 is 2.11 bits per heavy atom. The molecule has 2 rings (SSSR count). The normalized spacial score (nSPS) is 18.1. The van der Waals surface area contributed by atoms with Crippen LogP contribution in [0.2, 0.25) is 0 Å². The summed E-state index contributed by atoms with van der Waals surface area (Å²) in [5, 5.41) is 8.58. The third kappa shape index (κ3) is 2.63. The molecule has 0 aliphatic carbocycles. The number of carbonyl (C=O) groups excluding carboxylic acids is 2. The molecule has 100 valence electrons. The number of ketones is 1. The number of aliphatic carboxylic acids is 1. The van der Waals surface area contributed by atoms with Crippen LogP contribution >= 0.6 is 11.8 Å². The Hall–Kier alpha value is -1.82. The predicted molar refractivity (Wildman–Crippen MR) is 71.8 cm³/mol. The van der Waals surface area contributed by atoms with E-state index in [1.54, 1.807) is 25.1 Å². The van der Waals surface area contributed by atoms with Crippen molar-refractivity contribution in [1.29, 1.82) is 0 Å². The number of fused-ring (bicyclic) bond motifs is 1. The predicted octanol–water partition coefficient (Wildman–Crippen LogP) is 1.80. The molecule has 1 atom stereocenters. The largest absolute Gasteiger partial charge is 0.480 e. The van der Waals surface area contributed by atoms with Crippen LogP contribution in [0, 0.1) is 0 Å². The molecule has 5 nitrogen and oxygen atoms in total. The van der Waals surface area contributed by atoms with E-state index in [2.05, 4.69) is 0 Å². The lowest BCUT2D eigenvalue weighted by molar-refractivity contribution is -0.136. The standard InChI is InChI=1S/C13H13NO4S/c1-7(15)9-3-4-11-10(5-9)14(6-12(16)17)13(18)8(2)19-11/h3-5,8H,6H2,1-2H3,(H,16,17). The lowest BCUT2D eigenvalue weighted by Crippen LogP contribution is -2.42. The first kappa shape index (κ1) is 13.6. The minimum absolute atomic E-state index is 0.117. The zero-order valence-electron chi connectivity index (χ0n) is 10.5. The molecule has 1 aromatic rings. The Kier molecular flexibility index (Phi) is 3.61. The van der Waals surface area contributed by atoms with Crippen LogP contribution in [0.25, 0.3) is 0 Å². The maximum atomic E-state index is 12.1. The van der Waals surface area contributed by atoms with Crippen molar-refractivity contribution >= 4 is 35.1 Å². The second-order valence-electron chi connectivity index (χ2n) is 4.32. The van der Waals surface area contributed by atoms with Crippen LogP contribution < -0.4 is 4.90 Å². The number of carboxylic acid groups (broad SMARTS) is 1. The number of anilines is 1. The van der Waals surface area contributed by atoms with Crippen LogP contribution in [0.3, 0.4) is 0 Å².